The van der Waals surface area contributed by atoms with Crippen molar-refractivity contribution in [3.05, 3.63) is 59.7 Å². The van der Waals surface area contributed by atoms with Gasteiger partial charge in [0, 0.05) is 16.7 Å². The van der Waals surface area contributed by atoms with Crippen LogP contribution >= 0.6 is 0 Å². The zero-order valence-corrected chi connectivity index (χ0v) is 12.5. The Hall–Kier alpha value is -2.96. The van der Waals surface area contributed by atoms with Gasteiger partial charge in [0.2, 0.25) is 11.8 Å². The molecule has 3 aromatic rings. The first-order chi connectivity index (χ1) is 11.3. The molecule has 122 valence electrons. The molecule has 0 aliphatic carbocycles. The molecule has 0 bridgehead atoms. The van der Waals surface area contributed by atoms with E-state index in [0.717, 1.165) is 12.1 Å². The Labute approximate surface area is 135 Å². The van der Waals surface area contributed by atoms with Crippen LogP contribution in [0.5, 0.6) is 0 Å². The summed E-state index contributed by atoms with van der Waals surface area (Å²) in [6.45, 7) is 1.45. The molecule has 0 radical (unpaired) electrons. The number of nitrogens with zero attached hydrogens (tertiary/aromatic N) is 2. The predicted molar refractivity (Wildman–Crippen MR) is 80.2 cm³/mol. The minimum Gasteiger partial charge on any atom is -0.416 e. The Morgan fingerprint density at radius 3 is 2.17 bits per heavy atom. The summed E-state index contributed by atoms with van der Waals surface area (Å²) in [7, 11) is 0. The molecule has 0 N–H and O–H groups in total. The van der Waals surface area contributed by atoms with E-state index in [4.69, 9.17) is 4.42 Å². The number of alkyl halides is 3. The monoisotopic (exact) mass is 332 g/mol. The van der Waals surface area contributed by atoms with Gasteiger partial charge in [-0.15, -0.1) is 10.2 Å². The van der Waals surface area contributed by atoms with Gasteiger partial charge in [0.25, 0.3) is 0 Å². The van der Waals surface area contributed by atoms with Crippen molar-refractivity contribution in [1.82, 2.24) is 10.2 Å². The van der Waals surface area contributed by atoms with Gasteiger partial charge in [-0.3, -0.25) is 4.79 Å². The van der Waals surface area contributed by atoms with Crippen molar-refractivity contribution in [2.45, 2.75) is 13.1 Å². The second-order valence-corrected chi connectivity index (χ2v) is 5.12. The molecule has 1 heterocycles. The highest BCUT2D eigenvalue weighted by atomic mass is 19.4. The highest BCUT2D eigenvalue weighted by molar-refractivity contribution is 5.95. The fourth-order valence-corrected chi connectivity index (χ4v) is 2.13. The van der Waals surface area contributed by atoms with E-state index in [1.54, 1.807) is 24.3 Å². The Balaban J connectivity index is 1.91. The fraction of sp³-hybridized carbons (Fsp3) is 0.118. The van der Waals surface area contributed by atoms with E-state index >= 15 is 0 Å². The average Bonchev–Trinajstić information content (AvgIpc) is 3.04. The molecule has 3 rings (SSSR count). The van der Waals surface area contributed by atoms with Gasteiger partial charge < -0.3 is 4.42 Å². The molecule has 0 spiro atoms. The van der Waals surface area contributed by atoms with E-state index < -0.39 is 11.7 Å². The lowest BCUT2D eigenvalue weighted by Gasteiger charge is -2.05. The van der Waals surface area contributed by atoms with Crippen LogP contribution in [-0.4, -0.2) is 16.0 Å². The molecule has 24 heavy (non-hydrogen) atoms. The second kappa shape index (κ2) is 5.92. The smallest absolute Gasteiger partial charge is 0.416 e. The number of halogens is 3. The molecule has 0 aliphatic rings. The number of hydrogen-bond acceptors (Lipinski definition) is 4. The number of Topliss-reactive ketones (excluding diaryl/α,β-unsaturated/α-hetero) is 1. The molecule has 0 saturated carbocycles. The number of ketones is 1. The van der Waals surface area contributed by atoms with Crippen molar-refractivity contribution in [2.24, 2.45) is 0 Å². The van der Waals surface area contributed by atoms with E-state index in [9.17, 15) is 18.0 Å². The van der Waals surface area contributed by atoms with Crippen molar-refractivity contribution >= 4 is 5.78 Å². The Morgan fingerprint density at radius 2 is 1.58 bits per heavy atom. The number of carbonyl (C=O) groups excluding carboxylic acids is 1. The van der Waals surface area contributed by atoms with Crippen LogP contribution in [-0.2, 0) is 6.18 Å². The van der Waals surface area contributed by atoms with Crippen LogP contribution in [0.3, 0.4) is 0 Å². The van der Waals surface area contributed by atoms with Crippen molar-refractivity contribution in [2.75, 3.05) is 0 Å². The Bertz CT molecular complexity index is 883. The molecular formula is C17H11F3N2O2. The Morgan fingerprint density at radius 1 is 0.958 bits per heavy atom. The Kier molecular flexibility index (Phi) is 3.92. The summed E-state index contributed by atoms with van der Waals surface area (Å²) in [6.07, 6.45) is -4.40. The lowest BCUT2D eigenvalue weighted by Crippen LogP contribution is -2.03. The van der Waals surface area contributed by atoms with Crippen molar-refractivity contribution in [3.63, 3.8) is 0 Å². The van der Waals surface area contributed by atoms with Gasteiger partial charge in [0.05, 0.1) is 5.56 Å². The summed E-state index contributed by atoms with van der Waals surface area (Å²) in [5.41, 5.74) is 0.694. The van der Waals surface area contributed by atoms with Gasteiger partial charge in [0.15, 0.2) is 5.78 Å². The van der Waals surface area contributed by atoms with E-state index in [0.29, 0.717) is 16.7 Å². The average molecular weight is 332 g/mol. The van der Waals surface area contributed by atoms with E-state index in [2.05, 4.69) is 10.2 Å². The van der Waals surface area contributed by atoms with Crippen LogP contribution in [0.4, 0.5) is 13.2 Å². The highest BCUT2D eigenvalue weighted by Gasteiger charge is 2.30. The first-order valence-corrected chi connectivity index (χ1v) is 6.97. The molecule has 1 aromatic heterocycles. The van der Waals surface area contributed by atoms with Crippen LogP contribution in [0, 0.1) is 0 Å². The number of rotatable bonds is 3. The van der Waals surface area contributed by atoms with Gasteiger partial charge in [-0.25, -0.2) is 0 Å². The van der Waals surface area contributed by atoms with Gasteiger partial charge in [0.1, 0.15) is 0 Å². The van der Waals surface area contributed by atoms with Crippen molar-refractivity contribution in [3.8, 4) is 22.9 Å². The maximum atomic E-state index is 12.6. The molecule has 2 aromatic carbocycles. The maximum absolute atomic E-state index is 12.6. The van der Waals surface area contributed by atoms with Crippen LogP contribution in [0.1, 0.15) is 22.8 Å². The normalized spacial score (nSPS) is 11.5. The fourth-order valence-electron chi connectivity index (χ4n) is 2.13. The number of carbonyl (C=O) groups is 1. The lowest BCUT2D eigenvalue weighted by molar-refractivity contribution is -0.137. The molecular weight excluding hydrogens is 321 g/mol. The standard InChI is InChI=1S/C17H11F3N2O2/c1-10(23)12-3-2-4-13(9-12)16-22-21-15(24-16)11-5-7-14(8-6-11)17(18,19)20/h2-9H,1H3. The summed E-state index contributed by atoms with van der Waals surface area (Å²) in [5, 5.41) is 7.73. The largest absolute Gasteiger partial charge is 0.416 e. The molecule has 0 unspecified atom stereocenters. The quantitative estimate of drug-likeness (QED) is 0.657. The summed E-state index contributed by atoms with van der Waals surface area (Å²) in [6, 6.07) is 11.1. The predicted octanol–water partition coefficient (Wildman–Crippen LogP) is 4.63. The third kappa shape index (κ3) is 3.19. The van der Waals surface area contributed by atoms with Gasteiger partial charge in [-0.05, 0) is 43.3 Å². The SMILES string of the molecule is CC(=O)c1cccc(-c2nnc(-c3ccc(C(F)(F)F)cc3)o2)c1. The minimum atomic E-state index is -4.40. The summed E-state index contributed by atoms with van der Waals surface area (Å²) < 4.78 is 43.2. The van der Waals surface area contributed by atoms with Gasteiger partial charge >= 0.3 is 6.18 Å². The zero-order valence-electron chi connectivity index (χ0n) is 12.5. The third-order valence-corrected chi connectivity index (χ3v) is 3.40. The topological polar surface area (TPSA) is 56.0 Å². The first kappa shape index (κ1) is 15.9. The summed E-state index contributed by atoms with van der Waals surface area (Å²) >= 11 is 0. The summed E-state index contributed by atoms with van der Waals surface area (Å²) in [5.74, 6) is 0.194. The maximum Gasteiger partial charge on any atom is 0.416 e. The minimum absolute atomic E-state index is 0.0978. The van der Waals surface area contributed by atoms with Crippen LogP contribution in [0.2, 0.25) is 0 Å². The van der Waals surface area contributed by atoms with Gasteiger partial charge in [-0.2, -0.15) is 13.2 Å². The lowest BCUT2D eigenvalue weighted by atomic mass is 10.1. The van der Waals surface area contributed by atoms with Crippen LogP contribution < -0.4 is 0 Å². The van der Waals surface area contributed by atoms with E-state index in [1.165, 1.54) is 19.1 Å². The van der Waals surface area contributed by atoms with E-state index in [-0.39, 0.29) is 17.6 Å². The second-order valence-electron chi connectivity index (χ2n) is 5.12. The van der Waals surface area contributed by atoms with E-state index in [1.807, 2.05) is 0 Å². The van der Waals surface area contributed by atoms with Crippen LogP contribution in [0.15, 0.2) is 52.9 Å². The van der Waals surface area contributed by atoms with Gasteiger partial charge in [-0.1, -0.05) is 12.1 Å². The molecule has 4 nitrogen and oxygen atoms in total. The summed E-state index contributed by atoms with van der Waals surface area (Å²) in [4.78, 5) is 11.4. The molecule has 0 saturated heterocycles. The zero-order chi connectivity index (χ0) is 17.3. The van der Waals surface area contributed by atoms with Crippen molar-refractivity contribution in [1.29, 1.82) is 0 Å². The first-order valence-electron chi connectivity index (χ1n) is 6.97. The number of hydrogen-bond donors (Lipinski definition) is 0. The molecule has 0 amide bonds. The molecule has 7 heteroatoms. The number of benzene rings is 2. The number of aromatic nitrogens is 2. The third-order valence-electron chi connectivity index (χ3n) is 3.40. The molecule has 0 aliphatic heterocycles. The molecule has 0 atom stereocenters. The molecule has 0 fully saturated rings. The van der Waals surface area contributed by atoms with Crippen LogP contribution in [0.25, 0.3) is 22.9 Å². The van der Waals surface area contributed by atoms with Crippen molar-refractivity contribution < 1.29 is 22.4 Å². The highest BCUT2D eigenvalue weighted by Crippen LogP contribution is 2.31.